The van der Waals surface area contributed by atoms with Crippen molar-refractivity contribution in [1.29, 1.82) is 0 Å². The number of carbonyl (C=O) groups excluding carboxylic acids is 1. The van der Waals surface area contributed by atoms with Gasteiger partial charge in [-0.25, -0.2) is 0 Å². The first kappa shape index (κ1) is 16.8. The molecule has 1 amide bonds. The fourth-order valence-corrected chi connectivity index (χ4v) is 2.20. The maximum atomic E-state index is 11.3. The highest BCUT2D eigenvalue weighted by Gasteiger charge is 2.15. The van der Waals surface area contributed by atoms with Gasteiger partial charge in [-0.3, -0.25) is 9.78 Å². The molecule has 1 aromatic carbocycles. The van der Waals surface area contributed by atoms with E-state index in [2.05, 4.69) is 9.97 Å². The number of hydrogen-bond acceptors (Lipinski definition) is 7. The Hall–Kier alpha value is -3.03. The van der Waals surface area contributed by atoms with Crippen LogP contribution in [0.1, 0.15) is 6.92 Å². The van der Waals surface area contributed by atoms with E-state index in [4.69, 9.17) is 14.2 Å². The van der Waals surface area contributed by atoms with Crippen molar-refractivity contribution >= 4 is 11.7 Å². The van der Waals surface area contributed by atoms with Crippen LogP contribution in [0.5, 0.6) is 23.1 Å². The first-order chi connectivity index (χ1) is 12.0. The van der Waals surface area contributed by atoms with Crippen molar-refractivity contribution in [2.45, 2.75) is 6.92 Å². The molecule has 0 radical (unpaired) electrons. The summed E-state index contributed by atoms with van der Waals surface area (Å²) in [5.41, 5.74) is 0. The van der Waals surface area contributed by atoms with Crippen molar-refractivity contribution in [3.05, 3.63) is 30.6 Å². The lowest BCUT2D eigenvalue weighted by molar-refractivity contribution is -0.127. The minimum Gasteiger partial charge on any atom is -0.454 e. The largest absolute Gasteiger partial charge is 0.454 e. The summed E-state index contributed by atoms with van der Waals surface area (Å²) in [6.45, 7) is 2.99. The monoisotopic (exact) mass is 344 g/mol. The van der Waals surface area contributed by atoms with E-state index in [9.17, 15) is 4.79 Å². The van der Waals surface area contributed by atoms with Crippen LogP contribution < -0.4 is 19.1 Å². The number of amides is 1. The van der Waals surface area contributed by atoms with Gasteiger partial charge in [0.25, 0.3) is 0 Å². The Morgan fingerprint density at radius 3 is 2.80 bits per heavy atom. The summed E-state index contributed by atoms with van der Waals surface area (Å²) in [7, 11) is 3.66. The number of nitrogens with zero attached hydrogens (tertiary/aromatic N) is 4. The zero-order chi connectivity index (χ0) is 17.8. The van der Waals surface area contributed by atoms with E-state index in [1.54, 1.807) is 49.5 Å². The molecule has 1 aliphatic rings. The van der Waals surface area contributed by atoms with Crippen molar-refractivity contribution in [2.75, 3.05) is 38.9 Å². The molecule has 0 saturated carbocycles. The Morgan fingerprint density at radius 1 is 1.20 bits per heavy atom. The summed E-state index contributed by atoms with van der Waals surface area (Å²) in [5.74, 6) is 3.00. The topological polar surface area (TPSA) is 77.0 Å². The van der Waals surface area contributed by atoms with Gasteiger partial charge in [0.15, 0.2) is 17.3 Å². The van der Waals surface area contributed by atoms with E-state index < -0.39 is 0 Å². The minimum atomic E-state index is 0.0272. The molecule has 1 aromatic heterocycles. The summed E-state index contributed by atoms with van der Waals surface area (Å²) in [5, 5.41) is 0. The molecule has 2 aromatic rings. The molecule has 0 fully saturated rings. The Morgan fingerprint density at radius 2 is 2.00 bits per heavy atom. The van der Waals surface area contributed by atoms with E-state index in [-0.39, 0.29) is 12.7 Å². The average molecular weight is 344 g/mol. The molecule has 8 nitrogen and oxygen atoms in total. The van der Waals surface area contributed by atoms with Crippen LogP contribution in [-0.4, -0.2) is 54.8 Å². The molecule has 2 heterocycles. The van der Waals surface area contributed by atoms with Crippen LogP contribution in [-0.2, 0) is 4.79 Å². The van der Waals surface area contributed by atoms with Gasteiger partial charge < -0.3 is 24.0 Å². The van der Waals surface area contributed by atoms with Gasteiger partial charge in [0.1, 0.15) is 5.75 Å². The van der Waals surface area contributed by atoms with Gasteiger partial charge in [0.2, 0.25) is 18.6 Å². The molecule has 0 spiro atoms. The van der Waals surface area contributed by atoms with Gasteiger partial charge in [0, 0.05) is 40.2 Å². The van der Waals surface area contributed by atoms with Crippen LogP contribution >= 0.6 is 0 Å². The van der Waals surface area contributed by atoms with E-state index in [1.165, 1.54) is 0 Å². The second kappa shape index (κ2) is 7.25. The Kier molecular flexibility index (Phi) is 4.87. The van der Waals surface area contributed by atoms with Gasteiger partial charge >= 0.3 is 0 Å². The SMILES string of the molecule is CC(=O)N(C)CCN(C)c1cncc(Oc2ccc3c(c2)OCO3)n1. The Balaban J connectivity index is 1.66. The van der Waals surface area contributed by atoms with E-state index in [0.717, 1.165) is 0 Å². The smallest absolute Gasteiger partial charge is 0.239 e. The zero-order valence-electron chi connectivity index (χ0n) is 14.4. The van der Waals surface area contributed by atoms with Crippen molar-refractivity contribution in [3.8, 4) is 23.1 Å². The number of anilines is 1. The van der Waals surface area contributed by atoms with Crippen molar-refractivity contribution in [2.24, 2.45) is 0 Å². The number of carbonyl (C=O) groups is 1. The number of aromatic nitrogens is 2. The normalized spacial score (nSPS) is 12.0. The van der Waals surface area contributed by atoms with Crippen molar-refractivity contribution in [1.82, 2.24) is 14.9 Å². The maximum absolute atomic E-state index is 11.3. The van der Waals surface area contributed by atoms with Crippen molar-refractivity contribution in [3.63, 3.8) is 0 Å². The van der Waals surface area contributed by atoms with Crippen LogP contribution in [0.2, 0.25) is 0 Å². The fourth-order valence-electron chi connectivity index (χ4n) is 2.20. The lowest BCUT2D eigenvalue weighted by atomic mass is 10.3. The zero-order valence-corrected chi connectivity index (χ0v) is 14.4. The van der Waals surface area contributed by atoms with Crippen LogP contribution in [0.15, 0.2) is 30.6 Å². The van der Waals surface area contributed by atoms with E-state index in [0.29, 0.717) is 42.0 Å². The molecular formula is C17H20N4O4. The molecule has 3 rings (SSSR count). The Bertz CT molecular complexity index is 768. The summed E-state index contributed by atoms with van der Waals surface area (Å²) >= 11 is 0. The molecule has 0 bridgehead atoms. The van der Waals surface area contributed by atoms with Gasteiger partial charge in [-0.05, 0) is 12.1 Å². The van der Waals surface area contributed by atoms with Gasteiger partial charge in [0.05, 0.1) is 12.4 Å². The first-order valence-electron chi connectivity index (χ1n) is 7.85. The van der Waals surface area contributed by atoms with E-state index in [1.807, 2.05) is 11.9 Å². The lowest BCUT2D eigenvalue weighted by Crippen LogP contribution is -2.33. The number of fused-ring (bicyclic) bond motifs is 1. The third kappa shape index (κ3) is 4.09. The number of hydrogen-bond donors (Lipinski definition) is 0. The molecule has 132 valence electrons. The molecule has 0 N–H and O–H groups in total. The molecule has 0 aliphatic carbocycles. The number of rotatable bonds is 6. The predicted molar refractivity (Wildman–Crippen MR) is 91.3 cm³/mol. The summed E-state index contributed by atoms with van der Waals surface area (Å²) in [6.07, 6.45) is 3.20. The molecule has 0 saturated heterocycles. The highest BCUT2D eigenvalue weighted by Crippen LogP contribution is 2.36. The second-order valence-corrected chi connectivity index (χ2v) is 5.69. The minimum absolute atomic E-state index is 0.0272. The highest BCUT2D eigenvalue weighted by molar-refractivity contribution is 5.72. The predicted octanol–water partition coefficient (Wildman–Crippen LogP) is 1.91. The molecule has 1 aliphatic heterocycles. The van der Waals surface area contributed by atoms with Crippen LogP contribution in [0, 0.1) is 0 Å². The molecule has 8 heteroatoms. The van der Waals surface area contributed by atoms with Gasteiger partial charge in [-0.1, -0.05) is 0 Å². The van der Waals surface area contributed by atoms with Crippen LogP contribution in [0.3, 0.4) is 0 Å². The quantitative estimate of drug-likeness (QED) is 0.792. The third-order valence-electron chi connectivity index (χ3n) is 3.87. The van der Waals surface area contributed by atoms with Crippen LogP contribution in [0.4, 0.5) is 5.82 Å². The van der Waals surface area contributed by atoms with Crippen LogP contribution in [0.25, 0.3) is 0 Å². The molecule has 0 atom stereocenters. The average Bonchev–Trinajstić information content (AvgIpc) is 3.07. The number of benzene rings is 1. The highest BCUT2D eigenvalue weighted by atomic mass is 16.7. The summed E-state index contributed by atoms with van der Waals surface area (Å²) < 4.78 is 16.4. The van der Waals surface area contributed by atoms with Gasteiger partial charge in [-0.2, -0.15) is 4.98 Å². The maximum Gasteiger partial charge on any atom is 0.239 e. The fraction of sp³-hybridized carbons (Fsp3) is 0.353. The standard InChI is InChI=1S/C17H20N4O4/c1-12(22)20(2)6-7-21(3)16-9-18-10-17(19-16)25-13-4-5-14-15(8-13)24-11-23-14/h4-5,8-10H,6-7,11H2,1-3H3. The summed E-state index contributed by atoms with van der Waals surface area (Å²) in [6, 6.07) is 5.33. The third-order valence-corrected chi connectivity index (χ3v) is 3.87. The Labute approximate surface area is 145 Å². The second-order valence-electron chi connectivity index (χ2n) is 5.69. The number of ether oxygens (including phenoxy) is 3. The number of likely N-dealkylation sites (N-methyl/N-ethyl adjacent to an activating group) is 2. The van der Waals surface area contributed by atoms with Crippen molar-refractivity contribution < 1.29 is 19.0 Å². The summed E-state index contributed by atoms with van der Waals surface area (Å²) in [4.78, 5) is 23.5. The van der Waals surface area contributed by atoms with E-state index >= 15 is 0 Å². The van der Waals surface area contributed by atoms with Gasteiger partial charge in [-0.15, -0.1) is 0 Å². The molecule has 25 heavy (non-hydrogen) atoms. The molecule has 0 unspecified atom stereocenters. The lowest BCUT2D eigenvalue weighted by Gasteiger charge is -2.22. The molecular weight excluding hydrogens is 324 g/mol. The first-order valence-corrected chi connectivity index (χ1v) is 7.85.